The van der Waals surface area contributed by atoms with Gasteiger partial charge in [-0.15, -0.1) is 12.3 Å². The van der Waals surface area contributed by atoms with E-state index in [0.29, 0.717) is 18.5 Å². The Hall–Kier alpha value is -1.02. The largest absolute Gasteiger partial charge is 0.352 e. The van der Waals surface area contributed by atoms with Gasteiger partial charge in [0.25, 0.3) is 5.91 Å². The number of hydrogen-bond donors (Lipinski definition) is 1. The SMILES string of the molecule is C#CCCCNC(=O)c1ccc(I)cc1. The number of halogens is 1. The lowest BCUT2D eigenvalue weighted by Crippen LogP contribution is -2.24. The fourth-order valence-corrected chi connectivity index (χ4v) is 1.46. The van der Waals surface area contributed by atoms with Crippen LogP contribution in [-0.4, -0.2) is 12.5 Å². The summed E-state index contributed by atoms with van der Waals surface area (Å²) in [6, 6.07) is 7.46. The number of terminal acetylenes is 1. The fourth-order valence-electron chi connectivity index (χ4n) is 1.10. The van der Waals surface area contributed by atoms with Crippen molar-refractivity contribution in [2.45, 2.75) is 12.8 Å². The molecule has 0 spiro atoms. The average Bonchev–Trinajstić information content (AvgIpc) is 2.25. The van der Waals surface area contributed by atoms with Gasteiger partial charge in [-0.3, -0.25) is 4.79 Å². The molecule has 2 nitrogen and oxygen atoms in total. The zero-order chi connectivity index (χ0) is 11.1. The van der Waals surface area contributed by atoms with Crippen molar-refractivity contribution in [3.05, 3.63) is 33.4 Å². The highest BCUT2D eigenvalue weighted by Gasteiger charge is 2.03. The molecule has 0 unspecified atom stereocenters. The molecule has 1 N–H and O–H groups in total. The maximum atomic E-state index is 11.6. The third-order valence-corrected chi connectivity index (χ3v) is 2.61. The third-order valence-electron chi connectivity index (χ3n) is 1.89. The van der Waals surface area contributed by atoms with Gasteiger partial charge in [0, 0.05) is 22.1 Å². The normalized spacial score (nSPS) is 9.33. The van der Waals surface area contributed by atoms with Gasteiger partial charge >= 0.3 is 0 Å². The highest BCUT2D eigenvalue weighted by atomic mass is 127. The Labute approximate surface area is 104 Å². The standard InChI is InChI=1S/C12H12INO/c1-2-3-4-9-14-12(15)10-5-7-11(13)8-6-10/h1,5-8H,3-4,9H2,(H,14,15). The smallest absolute Gasteiger partial charge is 0.251 e. The lowest BCUT2D eigenvalue weighted by atomic mass is 10.2. The molecule has 1 amide bonds. The van der Waals surface area contributed by atoms with Gasteiger partial charge in [0.15, 0.2) is 0 Å². The number of amides is 1. The first-order chi connectivity index (χ1) is 7.24. The minimum Gasteiger partial charge on any atom is -0.352 e. The predicted octanol–water partition coefficient (Wildman–Crippen LogP) is 2.43. The van der Waals surface area contributed by atoms with Gasteiger partial charge in [-0.25, -0.2) is 0 Å². The zero-order valence-electron chi connectivity index (χ0n) is 8.29. The van der Waals surface area contributed by atoms with E-state index < -0.39 is 0 Å². The van der Waals surface area contributed by atoms with Crippen molar-refractivity contribution in [2.24, 2.45) is 0 Å². The minimum atomic E-state index is -0.0385. The van der Waals surface area contributed by atoms with E-state index in [1.165, 1.54) is 0 Å². The molecular formula is C12H12INO. The molecule has 0 radical (unpaired) electrons. The van der Waals surface area contributed by atoms with Crippen LogP contribution in [0.5, 0.6) is 0 Å². The topological polar surface area (TPSA) is 29.1 Å². The van der Waals surface area contributed by atoms with E-state index >= 15 is 0 Å². The summed E-state index contributed by atoms with van der Waals surface area (Å²) in [7, 11) is 0. The molecule has 0 atom stereocenters. The average molecular weight is 313 g/mol. The van der Waals surface area contributed by atoms with Gasteiger partial charge in [0.05, 0.1) is 0 Å². The highest BCUT2D eigenvalue weighted by Crippen LogP contribution is 2.06. The number of carbonyl (C=O) groups excluding carboxylic acids is 1. The second-order valence-corrected chi connectivity index (χ2v) is 4.32. The first kappa shape index (κ1) is 12.1. The number of nitrogens with one attached hydrogen (secondary N) is 1. The van der Waals surface area contributed by atoms with Crippen LogP contribution in [0.3, 0.4) is 0 Å². The Kier molecular flexibility index (Phi) is 5.19. The van der Waals surface area contributed by atoms with Crippen LogP contribution in [0.15, 0.2) is 24.3 Å². The second-order valence-electron chi connectivity index (χ2n) is 3.07. The van der Waals surface area contributed by atoms with E-state index in [1.54, 1.807) is 0 Å². The summed E-state index contributed by atoms with van der Waals surface area (Å²) in [5, 5.41) is 2.82. The molecule has 0 saturated carbocycles. The third kappa shape index (κ3) is 4.34. The Bertz CT molecular complexity index is 364. The van der Waals surface area contributed by atoms with Crippen molar-refractivity contribution >= 4 is 28.5 Å². The molecule has 15 heavy (non-hydrogen) atoms. The second kappa shape index (κ2) is 6.46. The van der Waals surface area contributed by atoms with E-state index in [1.807, 2.05) is 24.3 Å². The summed E-state index contributed by atoms with van der Waals surface area (Å²) in [6.45, 7) is 0.634. The number of rotatable bonds is 4. The van der Waals surface area contributed by atoms with Crippen molar-refractivity contribution in [3.8, 4) is 12.3 Å². The molecule has 1 aromatic rings. The quantitative estimate of drug-likeness (QED) is 0.516. The summed E-state index contributed by atoms with van der Waals surface area (Å²) >= 11 is 2.21. The van der Waals surface area contributed by atoms with Crippen LogP contribution in [0.4, 0.5) is 0 Å². The summed E-state index contributed by atoms with van der Waals surface area (Å²) in [4.78, 5) is 11.6. The Morgan fingerprint density at radius 3 is 2.67 bits per heavy atom. The Morgan fingerprint density at radius 2 is 2.07 bits per heavy atom. The van der Waals surface area contributed by atoms with Crippen LogP contribution >= 0.6 is 22.6 Å². The van der Waals surface area contributed by atoms with E-state index in [-0.39, 0.29) is 5.91 Å². The van der Waals surface area contributed by atoms with Crippen LogP contribution in [0, 0.1) is 15.9 Å². The van der Waals surface area contributed by atoms with Gasteiger partial charge in [-0.2, -0.15) is 0 Å². The fraction of sp³-hybridized carbons (Fsp3) is 0.250. The predicted molar refractivity (Wildman–Crippen MR) is 69.6 cm³/mol. The molecule has 0 aliphatic carbocycles. The van der Waals surface area contributed by atoms with Gasteiger partial charge in [0.1, 0.15) is 0 Å². The highest BCUT2D eigenvalue weighted by molar-refractivity contribution is 14.1. The first-order valence-corrected chi connectivity index (χ1v) is 5.79. The van der Waals surface area contributed by atoms with E-state index in [4.69, 9.17) is 6.42 Å². The number of benzene rings is 1. The summed E-state index contributed by atoms with van der Waals surface area (Å²) < 4.78 is 1.12. The molecule has 1 aromatic carbocycles. The molecule has 3 heteroatoms. The minimum absolute atomic E-state index is 0.0385. The molecule has 0 aliphatic heterocycles. The number of unbranched alkanes of at least 4 members (excludes halogenated alkanes) is 1. The monoisotopic (exact) mass is 313 g/mol. The molecule has 78 valence electrons. The van der Waals surface area contributed by atoms with Crippen LogP contribution in [0.25, 0.3) is 0 Å². The summed E-state index contributed by atoms with van der Waals surface area (Å²) in [5.74, 6) is 2.50. The van der Waals surface area contributed by atoms with Crippen molar-refractivity contribution in [1.82, 2.24) is 5.32 Å². The zero-order valence-corrected chi connectivity index (χ0v) is 10.5. The van der Waals surface area contributed by atoms with E-state index in [9.17, 15) is 4.79 Å². The Balaban J connectivity index is 2.41. The molecular weight excluding hydrogens is 301 g/mol. The van der Waals surface area contributed by atoms with Gasteiger partial charge in [-0.1, -0.05) is 0 Å². The van der Waals surface area contributed by atoms with Crippen molar-refractivity contribution in [2.75, 3.05) is 6.54 Å². The Morgan fingerprint density at radius 1 is 1.40 bits per heavy atom. The van der Waals surface area contributed by atoms with E-state index in [0.717, 1.165) is 9.99 Å². The maximum Gasteiger partial charge on any atom is 0.251 e. The molecule has 0 fully saturated rings. The van der Waals surface area contributed by atoms with Gasteiger partial charge < -0.3 is 5.32 Å². The van der Waals surface area contributed by atoms with Crippen LogP contribution in [-0.2, 0) is 0 Å². The first-order valence-electron chi connectivity index (χ1n) is 4.71. The van der Waals surface area contributed by atoms with E-state index in [2.05, 4.69) is 33.8 Å². The van der Waals surface area contributed by atoms with Gasteiger partial charge in [-0.05, 0) is 53.3 Å². The molecule has 1 rings (SSSR count). The molecule has 0 bridgehead atoms. The van der Waals surface area contributed by atoms with Crippen molar-refractivity contribution < 1.29 is 4.79 Å². The van der Waals surface area contributed by atoms with Crippen LogP contribution in [0.1, 0.15) is 23.2 Å². The van der Waals surface area contributed by atoms with Crippen molar-refractivity contribution in [3.63, 3.8) is 0 Å². The number of carbonyl (C=O) groups is 1. The lowest BCUT2D eigenvalue weighted by molar-refractivity contribution is 0.0953. The summed E-state index contributed by atoms with van der Waals surface area (Å²) in [6.07, 6.45) is 6.64. The molecule has 0 heterocycles. The maximum absolute atomic E-state index is 11.6. The lowest BCUT2D eigenvalue weighted by Gasteiger charge is -2.03. The van der Waals surface area contributed by atoms with Crippen LogP contribution in [0.2, 0.25) is 0 Å². The van der Waals surface area contributed by atoms with Crippen molar-refractivity contribution in [1.29, 1.82) is 0 Å². The molecule has 0 saturated heterocycles. The summed E-state index contributed by atoms with van der Waals surface area (Å²) in [5.41, 5.74) is 0.691. The number of hydrogen-bond acceptors (Lipinski definition) is 1. The molecule has 0 aliphatic rings. The molecule has 0 aromatic heterocycles. The van der Waals surface area contributed by atoms with Gasteiger partial charge in [0.2, 0.25) is 0 Å². The van der Waals surface area contributed by atoms with Crippen LogP contribution < -0.4 is 5.32 Å².